The van der Waals surface area contributed by atoms with E-state index in [1.165, 1.54) is 6.92 Å². The number of allylic oxidation sites excluding steroid dienone is 1. The van der Waals surface area contributed by atoms with Crippen LogP contribution in [0.4, 0.5) is 0 Å². The number of aliphatic hydroxyl groups excluding tert-OH is 3. The van der Waals surface area contributed by atoms with Gasteiger partial charge in [-0.05, 0) is 54.0 Å². The number of aromatic hydroxyl groups is 1. The number of fused-ring (bicyclic) bond motifs is 3. The van der Waals surface area contributed by atoms with E-state index >= 15 is 0 Å². The first-order chi connectivity index (χ1) is 19.0. The summed E-state index contributed by atoms with van der Waals surface area (Å²) in [5, 5.41) is 59.0. The maximum atomic E-state index is 14.3. The number of ketones is 3. The second-order valence-corrected chi connectivity index (χ2v) is 12.5. The standard InChI is InChI=1S/C33H36O8/c1-14(2)23-26(36)21(17(5)34)28(38)33(41)29(39)24-27(37)22-20(16(4)31(24,6)30(40)32(23,33)7)13-19(15(3)25(22)35)18-11-9-8-10-12-18/h8-14,16,23,30,35-36,39-41H,1-7H3/t16-,23?,30-,31+,32+,33+/m1/s1. The number of aliphatic hydroxyl groups is 4. The van der Waals surface area contributed by atoms with Gasteiger partial charge in [0, 0.05) is 16.7 Å². The van der Waals surface area contributed by atoms with Crippen molar-refractivity contribution in [2.24, 2.45) is 22.7 Å². The summed E-state index contributed by atoms with van der Waals surface area (Å²) < 4.78 is 0. The summed E-state index contributed by atoms with van der Waals surface area (Å²) in [5.74, 6) is -7.09. The SMILES string of the molecule is CC(=O)C1=C(O)C(C(C)C)[C@@]2(C)[C@H](O)[C@]3(C)C(=C(O)[C@@]2(O)C1=O)C(=O)c1c(cc(-c2ccccc2)c(C)c1O)[C@H]3C. The van der Waals surface area contributed by atoms with Gasteiger partial charge in [-0.15, -0.1) is 0 Å². The lowest BCUT2D eigenvalue weighted by Gasteiger charge is -2.63. The Morgan fingerprint density at radius 3 is 2.15 bits per heavy atom. The topological polar surface area (TPSA) is 152 Å². The molecule has 2 aromatic rings. The number of phenolic OH excluding ortho intramolecular Hbond substituents is 1. The normalized spacial score (nSPS) is 33.1. The maximum absolute atomic E-state index is 14.3. The molecular formula is C33H36O8. The van der Waals surface area contributed by atoms with Crippen LogP contribution in [0.2, 0.25) is 0 Å². The summed E-state index contributed by atoms with van der Waals surface area (Å²) in [6, 6.07) is 11.1. The largest absolute Gasteiger partial charge is 0.511 e. The van der Waals surface area contributed by atoms with Gasteiger partial charge in [0.2, 0.25) is 5.78 Å². The molecule has 0 fully saturated rings. The lowest BCUT2D eigenvalue weighted by atomic mass is 9.41. The van der Waals surface area contributed by atoms with E-state index in [1.807, 2.05) is 30.3 Å². The third kappa shape index (κ3) is 3.20. The predicted molar refractivity (Wildman–Crippen MR) is 152 cm³/mol. The van der Waals surface area contributed by atoms with Gasteiger partial charge in [-0.2, -0.15) is 0 Å². The van der Waals surface area contributed by atoms with Crippen LogP contribution < -0.4 is 0 Å². The molecule has 0 saturated heterocycles. The summed E-state index contributed by atoms with van der Waals surface area (Å²) in [6.45, 7) is 10.9. The summed E-state index contributed by atoms with van der Waals surface area (Å²) in [4.78, 5) is 40.6. The fourth-order valence-electron chi connectivity index (χ4n) is 8.02. The second kappa shape index (κ2) is 8.87. The third-order valence-electron chi connectivity index (χ3n) is 10.3. The molecule has 41 heavy (non-hydrogen) atoms. The molecule has 6 atom stereocenters. The van der Waals surface area contributed by atoms with Crippen LogP contribution in [0.3, 0.4) is 0 Å². The van der Waals surface area contributed by atoms with Gasteiger partial charge in [0.05, 0.1) is 17.2 Å². The minimum absolute atomic E-state index is 0.0815. The molecule has 0 aromatic heterocycles. The molecule has 0 amide bonds. The van der Waals surface area contributed by atoms with Crippen LogP contribution in [-0.4, -0.2) is 54.6 Å². The van der Waals surface area contributed by atoms with Gasteiger partial charge in [0.15, 0.2) is 17.2 Å². The van der Waals surface area contributed by atoms with E-state index in [0.29, 0.717) is 16.7 Å². The predicted octanol–water partition coefficient (Wildman–Crippen LogP) is 4.85. The van der Waals surface area contributed by atoms with Crippen LogP contribution in [0.1, 0.15) is 68.9 Å². The van der Waals surface area contributed by atoms with Crippen molar-refractivity contribution in [2.45, 2.75) is 66.1 Å². The van der Waals surface area contributed by atoms with Crippen LogP contribution in [0, 0.1) is 29.6 Å². The number of hydrogen-bond donors (Lipinski definition) is 5. The van der Waals surface area contributed by atoms with E-state index in [1.54, 1.807) is 40.7 Å². The summed E-state index contributed by atoms with van der Waals surface area (Å²) >= 11 is 0. The van der Waals surface area contributed by atoms with E-state index in [0.717, 1.165) is 12.5 Å². The monoisotopic (exact) mass is 560 g/mol. The molecule has 216 valence electrons. The molecule has 2 aromatic carbocycles. The van der Waals surface area contributed by atoms with Crippen molar-refractivity contribution in [1.82, 2.24) is 0 Å². The highest BCUT2D eigenvalue weighted by atomic mass is 16.4. The maximum Gasteiger partial charge on any atom is 0.209 e. The zero-order valence-electron chi connectivity index (χ0n) is 24.2. The van der Waals surface area contributed by atoms with Crippen LogP contribution in [-0.2, 0) is 9.59 Å². The van der Waals surface area contributed by atoms with Crippen LogP contribution in [0.25, 0.3) is 11.1 Å². The molecule has 1 unspecified atom stereocenters. The van der Waals surface area contributed by atoms with Gasteiger partial charge in [-0.1, -0.05) is 65.0 Å². The van der Waals surface area contributed by atoms with Crippen molar-refractivity contribution in [3.05, 3.63) is 75.8 Å². The van der Waals surface area contributed by atoms with Crippen molar-refractivity contribution in [1.29, 1.82) is 0 Å². The zero-order valence-corrected chi connectivity index (χ0v) is 24.2. The average molecular weight is 561 g/mol. The Kier molecular flexibility index (Phi) is 6.23. The van der Waals surface area contributed by atoms with Gasteiger partial charge >= 0.3 is 0 Å². The Bertz CT molecular complexity index is 1600. The highest BCUT2D eigenvalue weighted by Gasteiger charge is 2.76. The Morgan fingerprint density at radius 2 is 1.61 bits per heavy atom. The first-order valence-corrected chi connectivity index (χ1v) is 13.8. The molecular weight excluding hydrogens is 524 g/mol. The summed E-state index contributed by atoms with van der Waals surface area (Å²) in [5.41, 5.74) is -5.18. The number of carbonyl (C=O) groups is 3. The van der Waals surface area contributed by atoms with Gasteiger partial charge in [-0.25, -0.2) is 0 Å². The average Bonchev–Trinajstić information content (AvgIpc) is 2.90. The van der Waals surface area contributed by atoms with Crippen molar-refractivity contribution in [3.8, 4) is 16.9 Å². The molecule has 8 heteroatoms. The lowest BCUT2D eigenvalue weighted by molar-refractivity contribution is -0.211. The number of benzene rings is 2. The van der Waals surface area contributed by atoms with Crippen molar-refractivity contribution >= 4 is 17.3 Å². The van der Waals surface area contributed by atoms with E-state index in [9.17, 15) is 39.9 Å². The number of rotatable bonds is 3. The van der Waals surface area contributed by atoms with Gasteiger partial charge < -0.3 is 25.5 Å². The summed E-state index contributed by atoms with van der Waals surface area (Å²) in [7, 11) is 0. The molecule has 8 nitrogen and oxygen atoms in total. The molecule has 3 aliphatic carbocycles. The molecule has 5 N–H and O–H groups in total. The van der Waals surface area contributed by atoms with Crippen LogP contribution in [0.15, 0.2) is 59.1 Å². The fourth-order valence-corrected chi connectivity index (χ4v) is 8.02. The number of hydrogen-bond acceptors (Lipinski definition) is 8. The highest BCUT2D eigenvalue weighted by Crippen LogP contribution is 2.67. The molecule has 0 aliphatic heterocycles. The Labute approximate surface area is 238 Å². The zero-order chi connectivity index (χ0) is 30.6. The first-order valence-electron chi connectivity index (χ1n) is 13.8. The quantitative estimate of drug-likeness (QED) is 0.334. The molecule has 0 saturated carbocycles. The number of carbonyl (C=O) groups excluding carboxylic acids is 3. The fraction of sp³-hybridized carbons (Fsp3) is 0.424. The van der Waals surface area contributed by atoms with Gasteiger partial charge in [0.1, 0.15) is 22.8 Å². The summed E-state index contributed by atoms with van der Waals surface area (Å²) in [6.07, 6.45) is -1.66. The lowest BCUT2D eigenvalue weighted by Crippen LogP contribution is -2.73. The van der Waals surface area contributed by atoms with E-state index in [-0.39, 0.29) is 11.3 Å². The molecule has 5 rings (SSSR count). The smallest absolute Gasteiger partial charge is 0.209 e. The van der Waals surface area contributed by atoms with Gasteiger partial charge in [0.25, 0.3) is 0 Å². The highest BCUT2D eigenvalue weighted by molar-refractivity contribution is 6.25. The van der Waals surface area contributed by atoms with Gasteiger partial charge in [-0.3, -0.25) is 14.4 Å². The van der Waals surface area contributed by atoms with Crippen LogP contribution >= 0.6 is 0 Å². The Balaban J connectivity index is 1.88. The van der Waals surface area contributed by atoms with Crippen molar-refractivity contribution in [2.75, 3.05) is 0 Å². The molecule has 3 aliphatic rings. The Hall–Kier alpha value is -3.75. The minimum atomic E-state index is -2.90. The number of phenols is 1. The van der Waals surface area contributed by atoms with E-state index in [2.05, 4.69) is 0 Å². The molecule has 0 heterocycles. The van der Waals surface area contributed by atoms with Crippen LogP contribution in [0.5, 0.6) is 5.75 Å². The number of Topliss-reactive ketones (excluding diaryl/α,β-unsaturated/α-hetero) is 3. The van der Waals surface area contributed by atoms with Crippen molar-refractivity contribution in [3.63, 3.8) is 0 Å². The molecule has 0 spiro atoms. The third-order valence-corrected chi connectivity index (χ3v) is 10.3. The first kappa shape index (κ1) is 28.8. The molecule has 0 bridgehead atoms. The Morgan fingerprint density at radius 1 is 1.02 bits per heavy atom. The minimum Gasteiger partial charge on any atom is -0.511 e. The second-order valence-electron chi connectivity index (χ2n) is 12.5. The van der Waals surface area contributed by atoms with E-state index < -0.39 is 80.3 Å². The van der Waals surface area contributed by atoms with E-state index in [4.69, 9.17) is 0 Å². The molecule has 0 radical (unpaired) electrons. The van der Waals surface area contributed by atoms with Crippen molar-refractivity contribution < 1.29 is 39.9 Å².